The molecular weight excluding hydrogens is 377 g/mol. The number of carbonyl (C=O) groups excluding carboxylic acids is 1. The predicted molar refractivity (Wildman–Crippen MR) is 87.4 cm³/mol. The van der Waals surface area contributed by atoms with E-state index in [1.165, 1.54) is 18.2 Å². The lowest BCUT2D eigenvalue weighted by molar-refractivity contribution is -0.384. The Morgan fingerprint density at radius 1 is 1.23 bits per heavy atom. The number of benzene rings is 2. The number of amides is 1. The van der Waals surface area contributed by atoms with Gasteiger partial charge in [0.15, 0.2) is 0 Å². The maximum atomic E-state index is 12.6. The van der Waals surface area contributed by atoms with Crippen LogP contribution in [0, 0.1) is 10.1 Å². The molecule has 10 heteroatoms. The van der Waals surface area contributed by atoms with Gasteiger partial charge in [0.1, 0.15) is 12.4 Å². The van der Waals surface area contributed by atoms with Crippen LogP contribution in [0.15, 0.2) is 42.5 Å². The normalized spacial score (nSPS) is 11.1. The van der Waals surface area contributed by atoms with Crippen LogP contribution in [-0.2, 0) is 6.18 Å². The van der Waals surface area contributed by atoms with Crippen LogP contribution in [0.4, 0.5) is 18.9 Å². The van der Waals surface area contributed by atoms with Crippen molar-refractivity contribution in [2.24, 2.45) is 0 Å². The number of nitro benzene ring substituents is 1. The molecule has 0 unspecified atom stereocenters. The van der Waals surface area contributed by atoms with Gasteiger partial charge in [-0.2, -0.15) is 13.2 Å². The smallest absolute Gasteiger partial charge is 0.416 e. The van der Waals surface area contributed by atoms with Gasteiger partial charge in [-0.15, -0.1) is 0 Å². The molecule has 0 aliphatic heterocycles. The van der Waals surface area contributed by atoms with E-state index in [1.54, 1.807) is 0 Å². The van der Waals surface area contributed by atoms with Crippen LogP contribution in [-0.4, -0.2) is 24.0 Å². The standard InChI is InChI=1S/C16H12ClF3N2O4/c17-14-5-4-11(22(24)25)9-13(14)15(23)21-6-7-26-12-3-1-2-10(8-12)16(18,19)20/h1-5,8-9H,6-7H2,(H,21,23). The summed E-state index contributed by atoms with van der Waals surface area (Å²) in [6, 6.07) is 7.75. The number of halogens is 4. The second kappa shape index (κ2) is 8.05. The highest BCUT2D eigenvalue weighted by Gasteiger charge is 2.30. The fraction of sp³-hybridized carbons (Fsp3) is 0.188. The zero-order valence-electron chi connectivity index (χ0n) is 13.0. The second-order valence-corrected chi connectivity index (χ2v) is 5.46. The van der Waals surface area contributed by atoms with Gasteiger partial charge in [-0.3, -0.25) is 14.9 Å². The van der Waals surface area contributed by atoms with Crippen molar-refractivity contribution in [3.63, 3.8) is 0 Å². The summed E-state index contributed by atoms with van der Waals surface area (Å²) in [5.74, 6) is -0.659. The van der Waals surface area contributed by atoms with Crippen LogP contribution in [0.3, 0.4) is 0 Å². The molecule has 0 aromatic heterocycles. The molecule has 0 aliphatic carbocycles. The molecule has 0 saturated heterocycles. The molecule has 0 radical (unpaired) electrons. The van der Waals surface area contributed by atoms with Gasteiger partial charge in [-0.05, 0) is 24.3 Å². The summed E-state index contributed by atoms with van der Waals surface area (Å²) in [4.78, 5) is 22.1. The lowest BCUT2D eigenvalue weighted by atomic mass is 10.2. The van der Waals surface area contributed by atoms with E-state index in [0.717, 1.165) is 24.3 Å². The van der Waals surface area contributed by atoms with Gasteiger partial charge >= 0.3 is 6.18 Å². The van der Waals surface area contributed by atoms with Crippen molar-refractivity contribution in [2.75, 3.05) is 13.2 Å². The third-order valence-electron chi connectivity index (χ3n) is 3.22. The first-order chi connectivity index (χ1) is 12.2. The van der Waals surface area contributed by atoms with E-state index in [4.69, 9.17) is 16.3 Å². The molecule has 26 heavy (non-hydrogen) atoms. The summed E-state index contributed by atoms with van der Waals surface area (Å²) < 4.78 is 43.0. The highest BCUT2D eigenvalue weighted by Crippen LogP contribution is 2.31. The zero-order valence-corrected chi connectivity index (χ0v) is 13.8. The molecule has 2 rings (SSSR count). The maximum Gasteiger partial charge on any atom is 0.416 e. The first-order valence-electron chi connectivity index (χ1n) is 7.20. The van der Waals surface area contributed by atoms with E-state index in [0.29, 0.717) is 0 Å². The van der Waals surface area contributed by atoms with Crippen molar-refractivity contribution < 1.29 is 27.6 Å². The third kappa shape index (κ3) is 5.09. The Hall–Kier alpha value is -2.81. The van der Waals surface area contributed by atoms with E-state index in [2.05, 4.69) is 5.32 Å². The molecule has 138 valence electrons. The summed E-state index contributed by atoms with van der Waals surface area (Å²) in [7, 11) is 0. The van der Waals surface area contributed by atoms with E-state index < -0.39 is 22.6 Å². The van der Waals surface area contributed by atoms with Crippen LogP contribution in [0.1, 0.15) is 15.9 Å². The highest BCUT2D eigenvalue weighted by molar-refractivity contribution is 6.33. The molecule has 0 fully saturated rings. The maximum absolute atomic E-state index is 12.6. The van der Waals surface area contributed by atoms with Crippen LogP contribution in [0.5, 0.6) is 5.75 Å². The minimum Gasteiger partial charge on any atom is -0.492 e. The Bertz CT molecular complexity index is 827. The summed E-state index contributed by atoms with van der Waals surface area (Å²) in [6.07, 6.45) is -4.48. The lowest BCUT2D eigenvalue weighted by Crippen LogP contribution is -2.28. The number of nitro groups is 1. The van der Waals surface area contributed by atoms with E-state index >= 15 is 0 Å². The van der Waals surface area contributed by atoms with Crippen LogP contribution in [0.2, 0.25) is 5.02 Å². The largest absolute Gasteiger partial charge is 0.492 e. The Morgan fingerprint density at radius 2 is 1.96 bits per heavy atom. The predicted octanol–water partition coefficient (Wildman–Crippen LogP) is 4.08. The first kappa shape index (κ1) is 19.5. The van der Waals surface area contributed by atoms with Gasteiger partial charge in [-0.25, -0.2) is 0 Å². The average molecular weight is 389 g/mol. The Kier molecular flexibility index (Phi) is 6.04. The SMILES string of the molecule is O=C(NCCOc1cccc(C(F)(F)F)c1)c1cc([N+](=O)[O-])ccc1Cl. The van der Waals surface area contributed by atoms with Crippen molar-refractivity contribution in [3.05, 3.63) is 68.7 Å². The fourth-order valence-corrected chi connectivity index (χ4v) is 2.20. The van der Waals surface area contributed by atoms with Crippen molar-refractivity contribution in [1.82, 2.24) is 5.32 Å². The number of ether oxygens (including phenoxy) is 1. The monoisotopic (exact) mass is 388 g/mol. The molecule has 0 aliphatic rings. The third-order valence-corrected chi connectivity index (χ3v) is 3.55. The number of alkyl halides is 3. The van der Waals surface area contributed by atoms with Crippen molar-refractivity contribution in [3.8, 4) is 5.75 Å². The molecule has 0 atom stereocenters. The van der Waals surface area contributed by atoms with Gasteiger partial charge in [-0.1, -0.05) is 17.7 Å². The summed E-state index contributed by atoms with van der Waals surface area (Å²) in [5.41, 5.74) is -1.22. The number of hydrogen-bond acceptors (Lipinski definition) is 4. The number of non-ortho nitro benzene ring substituents is 1. The molecule has 0 saturated carbocycles. The van der Waals surface area contributed by atoms with Crippen LogP contribution < -0.4 is 10.1 Å². The Balaban J connectivity index is 1.92. The van der Waals surface area contributed by atoms with Crippen LogP contribution >= 0.6 is 11.6 Å². The fourth-order valence-electron chi connectivity index (χ4n) is 1.99. The van der Waals surface area contributed by atoms with Crippen molar-refractivity contribution >= 4 is 23.2 Å². The summed E-state index contributed by atoms with van der Waals surface area (Å²) in [6.45, 7) is -0.131. The molecule has 2 aromatic carbocycles. The number of hydrogen-bond donors (Lipinski definition) is 1. The van der Waals surface area contributed by atoms with E-state index in [-0.39, 0.29) is 35.2 Å². The van der Waals surface area contributed by atoms with Gasteiger partial charge in [0.25, 0.3) is 11.6 Å². The number of carbonyl (C=O) groups is 1. The average Bonchev–Trinajstić information content (AvgIpc) is 2.58. The number of rotatable bonds is 6. The quantitative estimate of drug-likeness (QED) is 0.459. The van der Waals surface area contributed by atoms with Gasteiger partial charge in [0, 0.05) is 12.1 Å². The topological polar surface area (TPSA) is 81.5 Å². The molecule has 1 amide bonds. The minimum absolute atomic E-state index is 0.00227. The number of nitrogens with one attached hydrogen (secondary N) is 1. The highest BCUT2D eigenvalue weighted by atomic mass is 35.5. The van der Waals surface area contributed by atoms with Crippen LogP contribution in [0.25, 0.3) is 0 Å². The molecule has 2 aromatic rings. The molecule has 0 spiro atoms. The molecule has 0 heterocycles. The number of nitrogens with zero attached hydrogens (tertiary/aromatic N) is 1. The zero-order chi connectivity index (χ0) is 19.3. The Labute approximate surface area is 150 Å². The summed E-state index contributed by atoms with van der Waals surface area (Å²) >= 11 is 5.84. The Morgan fingerprint density at radius 3 is 2.62 bits per heavy atom. The molecule has 1 N–H and O–H groups in total. The van der Waals surface area contributed by atoms with E-state index in [9.17, 15) is 28.1 Å². The first-order valence-corrected chi connectivity index (χ1v) is 7.58. The van der Waals surface area contributed by atoms with Gasteiger partial charge in [0.05, 0.1) is 27.6 Å². The molecule has 6 nitrogen and oxygen atoms in total. The molecule has 0 bridgehead atoms. The second-order valence-electron chi connectivity index (χ2n) is 5.05. The summed E-state index contributed by atoms with van der Waals surface area (Å²) in [5, 5.41) is 13.2. The van der Waals surface area contributed by atoms with Crippen molar-refractivity contribution in [2.45, 2.75) is 6.18 Å². The van der Waals surface area contributed by atoms with Gasteiger partial charge in [0.2, 0.25) is 0 Å². The van der Waals surface area contributed by atoms with Crippen molar-refractivity contribution in [1.29, 1.82) is 0 Å². The van der Waals surface area contributed by atoms with E-state index in [1.807, 2.05) is 0 Å². The molecular formula is C16H12ClF3N2O4. The van der Waals surface area contributed by atoms with Gasteiger partial charge < -0.3 is 10.1 Å². The lowest BCUT2D eigenvalue weighted by Gasteiger charge is -2.11. The minimum atomic E-state index is -4.48.